The molecule has 5 nitrogen and oxygen atoms in total. The van der Waals surface area contributed by atoms with E-state index in [-0.39, 0.29) is 12.1 Å². The highest BCUT2D eigenvalue weighted by molar-refractivity contribution is 5.62. The number of hydrogen-bond acceptors (Lipinski definition) is 5. The molecule has 0 saturated carbocycles. The number of ether oxygens (including phenoxy) is 2. The summed E-state index contributed by atoms with van der Waals surface area (Å²) >= 11 is 0. The van der Waals surface area contributed by atoms with Crippen LogP contribution in [0.1, 0.15) is 19.4 Å². The predicted molar refractivity (Wildman–Crippen MR) is 84.1 cm³/mol. The molecule has 2 aromatic rings. The lowest BCUT2D eigenvalue weighted by Gasteiger charge is -2.17. The Labute approximate surface area is 150 Å². The van der Waals surface area contributed by atoms with Crippen molar-refractivity contribution in [2.45, 2.75) is 32.3 Å². The van der Waals surface area contributed by atoms with Crippen LogP contribution in [0, 0.1) is 0 Å². The third-order valence-corrected chi connectivity index (χ3v) is 2.93. The van der Waals surface area contributed by atoms with E-state index in [1.54, 1.807) is 38.1 Å². The average molecular weight is 395 g/mol. The van der Waals surface area contributed by atoms with Gasteiger partial charge in [0.15, 0.2) is 6.61 Å². The van der Waals surface area contributed by atoms with Crippen molar-refractivity contribution in [3.63, 3.8) is 0 Å². The maximum atomic E-state index is 13.0. The van der Waals surface area contributed by atoms with Crippen LogP contribution in [0.5, 0.6) is 11.6 Å². The molecule has 1 heterocycles. The molecule has 0 radical (unpaired) electrons. The molecule has 1 aromatic carbocycles. The summed E-state index contributed by atoms with van der Waals surface area (Å²) in [6.45, 7) is 1.63. The molecule has 2 rings (SSSR count). The number of nitrogens with zero attached hydrogens (tertiary/aromatic N) is 2. The fraction of sp³-hybridized carbons (Fsp3) is 0.375. The van der Waals surface area contributed by atoms with Gasteiger partial charge < -0.3 is 14.8 Å². The van der Waals surface area contributed by atoms with Gasteiger partial charge in [-0.1, -0.05) is 12.1 Å². The van der Waals surface area contributed by atoms with Crippen LogP contribution in [0.4, 0.5) is 38.0 Å². The first-order valence-electron chi connectivity index (χ1n) is 7.62. The van der Waals surface area contributed by atoms with Crippen molar-refractivity contribution in [3.8, 4) is 11.6 Å². The molecule has 0 saturated heterocycles. The van der Waals surface area contributed by atoms with Crippen LogP contribution in [-0.2, 0) is 6.18 Å². The fourth-order valence-corrected chi connectivity index (χ4v) is 1.93. The minimum absolute atomic E-state index is 0.188. The van der Waals surface area contributed by atoms with Crippen molar-refractivity contribution >= 4 is 11.6 Å². The van der Waals surface area contributed by atoms with Gasteiger partial charge in [-0.15, -0.1) is 0 Å². The first-order chi connectivity index (χ1) is 12.5. The lowest BCUT2D eigenvalue weighted by atomic mass is 10.3. The first-order valence-corrected chi connectivity index (χ1v) is 7.62. The van der Waals surface area contributed by atoms with Gasteiger partial charge in [0.25, 0.3) is 0 Å². The summed E-state index contributed by atoms with van der Waals surface area (Å²) in [6.07, 6.45) is -9.63. The Morgan fingerprint density at radius 1 is 1.07 bits per heavy atom. The monoisotopic (exact) mass is 395 g/mol. The Kier molecular flexibility index (Phi) is 6.01. The second-order valence-corrected chi connectivity index (χ2v) is 5.60. The van der Waals surface area contributed by atoms with Crippen molar-refractivity contribution in [2.24, 2.45) is 0 Å². The summed E-state index contributed by atoms with van der Waals surface area (Å²) in [7, 11) is 0. The first kappa shape index (κ1) is 20.6. The van der Waals surface area contributed by atoms with Crippen molar-refractivity contribution < 1.29 is 35.8 Å². The van der Waals surface area contributed by atoms with Crippen LogP contribution in [0.3, 0.4) is 0 Å². The van der Waals surface area contributed by atoms with Crippen LogP contribution in [0.25, 0.3) is 0 Å². The highest BCUT2D eigenvalue weighted by Gasteiger charge is 2.38. The van der Waals surface area contributed by atoms with Gasteiger partial charge in [-0.05, 0) is 26.0 Å². The zero-order valence-electron chi connectivity index (χ0n) is 14.1. The summed E-state index contributed by atoms with van der Waals surface area (Å²) in [5, 5.41) is 2.62. The fourth-order valence-electron chi connectivity index (χ4n) is 1.93. The highest BCUT2D eigenvalue weighted by Crippen LogP contribution is 2.36. The largest absolute Gasteiger partial charge is 0.489 e. The summed E-state index contributed by atoms with van der Waals surface area (Å²) in [6, 6.07) is 6.46. The number of anilines is 2. The van der Waals surface area contributed by atoms with E-state index in [9.17, 15) is 26.3 Å². The number of hydrogen-bond donors (Lipinski definition) is 1. The SMILES string of the molecule is CC(C)Oc1ccccc1Nc1ncc(C(F)(F)F)c(OCC(F)(F)F)n1. The zero-order valence-corrected chi connectivity index (χ0v) is 14.1. The molecule has 0 fully saturated rings. The molecule has 0 atom stereocenters. The molecule has 0 unspecified atom stereocenters. The smallest absolute Gasteiger partial charge is 0.423 e. The van der Waals surface area contributed by atoms with E-state index in [0.717, 1.165) is 0 Å². The Balaban J connectivity index is 2.33. The lowest BCUT2D eigenvalue weighted by Crippen LogP contribution is -2.22. The summed E-state index contributed by atoms with van der Waals surface area (Å²) in [5.74, 6) is -1.23. The molecular formula is C16H15F6N3O2. The highest BCUT2D eigenvalue weighted by atomic mass is 19.4. The van der Waals surface area contributed by atoms with Gasteiger partial charge in [0.1, 0.15) is 11.3 Å². The van der Waals surface area contributed by atoms with Crippen molar-refractivity contribution in [1.82, 2.24) is 9.97 Å². The molecule has 0 spiro atoms. The maximum Gasteiger partial charge on any atom is 0.423 e. The molecule has 148 valence electrons. The standard InChI is InChI=1S/C16H15F6N3O2/c1-9(2)27-12-6-4-3-5-11(12)24-14-23-7-10(16(20,21)22)13(25-14)26-8-15(17,18)19/h3-7,9H,8H2,1-2H3,(H,23,24,25). The molecular weight excluding hydrogens is 380 g/mol. The minimum Gasteiger partial charge on any atom is -0.489 e. The molecule has 0 bridgehead atoms. The third kappa shape index (κ3) is 6.19. The Morgan fingerprint density at radius 3 is 2.33 bits per heavy atom. The van der Waals surface area contributed by atoms with E-state index in [1.807, 2.05) is 0 Å². The van der Waals surface area contributed by atoms with Crippen molar-refractivity contribution in [1.29, 1.82) is 0 Å². The van der Waals surface area contributed by atoms with Crippen LogP contribution < -0.4 is 14.8 Å². The Morgan fingerprint density at radius 2 is 1.74 bits per heavy atom. The normalized spacial score (nSPS) is 12.2. The van der Waals surface area contributed by atoms with Gasteiger partial charge in [0, 0.05) is 6.20 Å². The summed E-state index contributed by atoms with van der Waals surface area (Å²) < 4.78 is 85.6. The predicted octanol–water partition coefficient (Wildman–Crippen LogP) is 4.97. The zero-order chi connectivity index (χ0) is 20.2. The van der Waals surface area contributed by atoms with Gasteiger partial charge in [0.05, 0.1) is 11.8 Å². The number of alkyl halides is 6. The molecule has 0 amide bonds. The van der Waals surface area contributed by atoms with Crippen LogP contribution in [0.2, 0.25) is 0 Å². The van der Waals surface area contributed by atoms with Gasteiger partial charge in [-0.25, -0.2) is 4.98 Å². The number of benzene rings is 1. The maximum absolute atomic E-state index is 13.0. The quantitative estimate of drug-likeness (QED) is 0.700. The summed E-state index contributed by atoms with van der Waals surface area (Å²) in [5.41, 5.74) is -1.18. The van der Waals surface area contributed by atoms with E-state index in [2.05, 4.69) is 20.0 Å². The average Bonchev–Trinajstić information content (AvgIpc) is 2.53. The van der Waals surface area contributed by atoms with E-state index < -0.39 is 30.4 Å². The Hall–Kier alpha value is -2.72. The lowest BCUT2D eigenvalue weighted by molar-refractivity contribution is -0.159. The van der Waals surface area contributed by atoms with Gasteiger partial charge in [-0.3, -0.25) is 0 Å². The molecule has 0 aliphatic heterocycles. The molecule has 0 aliphatic rings. The van der Waals surface area contributed by atoms with Gasteiger partial charge >= 0.3 is 12.4 Å². The van der Waals surface area contributed by atoms with E-state index in [0.29, 0.717) is 17.6 Å². The topological polar surface area (TPSA) is 56.3 Å². The number of aromatic nitrogens is 2. The van der Waals surface area contributed by atoms with E-state index >= 15 is 0 Å². The summed E-state index contributed by atoms with van der Waals surface area (Å²) in [4.78, 5) is 6.94. The molecule has 1 aromatic heterocycles. The molecule has 11 heteroatoms. The van der Waals surface area contributed by atoms with E-state index in [4.69, 9.17) is 4.74 Å². The molecule has 27 heavy (non-hydrogen) atoms. The second kappa shape index (κ2) is 7.89. The van der Waals surface area contributed by atoms with Crippen molar-refractivity contribution in [2.75, 3.05) is 11.9 Å². The van der Waals surface area contributed by atoms with Gasteiger partial charge in [-0.2, -0.15) is 31.3 Å². The van der Waals surface area contributed by atoms with Crippen LogP contribution in [-0.4, -0.2) is 28.9 Å². The number of nitrogens with one attached hydrogen (secondary N) is 1. The third-order valence-electron chi connectivity index (χ3n) is 2.93. The van der Waals surface area contributed by atoms with Gasteiger partial charge in [0.2, 0.25) is 11.8 Å². The van der Waals surface area contributed by atoms with Crippen LogP contribution >= 0.6 is 0 Å². The number of para-hydroxylation sites is 2. The van der Waals surface area contributed by atoms with Crippen molar-refractivity contribution in [3.05, 3.63) is 36.0 Å². The minimum atomic E-state index is -4.97. The van der Waals surface area contributed by atoms with E-state index in [1.165, 1.54) is 0 Å². The molecule has 0 aliphatic carbocycles. The number of halogens is 6. The van der Waals surface area contributed by atoms with Crippen LogP contribution in [0.15, 0.2) is 30.5 Å². The second-order valence-electron chi connectivity index (χ2n) is 5.60. The number of rotatable bonds is 6. The molecule has 1 N–H and O–H groups in total. The Bertz CT molecular complexity index is 777.